The van der Waals surface area contributed by atoms with Crippen molar-refractivity contribution >= 4 is 32.4 Å². The van der Waals surface area contributed by atoms with Gasteiger partial charge < -0.3 is 4.90 Å². The number of hydrogen-bond acceptors (Lipinski definition) is 3. The molecule has 0 unspecified atom stereocenters. The van der Waals surface area contributed by atoms with E-state index in [0.29, 0.717) is 24.4 Å². The van der Waals surface area contributed by atoms with Gasteiger partial charge >= 0.3 is 0 Å². The molecule has 1 fully saturated rings. The van der Waals surface area contributed by atoms with Crippen LogP contribution in [-0.2, 0) is 14.8 Å². The molecule has 6 heteroatoms. The first kappa shape index (κ1) is 13.6. The van der Waals surface area contributed by atoms with E-state index < -0.39 is 10.0 Å². The van der Waals surface area contributed by atoms with Crippen LogP contribution in [0.5, 0.6) is 0 Å². The fraction of sp³-hybridized carbons (Fsp3) is 0.312. The summed E-state index contributed by atoms with van der Waals surface area (Å²) in [7, 11) is -3.51. The number of carbonyl (C=O) groups is 1. The molecule has 0 atom stereocenters. The molecule has 2 aliphatic heterocycles. The Balaban J connectivity index is 1.72. The molecule has 1 amide bonds. The summed E-state index contributed by atoms with van der Waals surface area (Å²) in [6, 6.07) is 11.0. The van der Waals surface area contributed by atoms with E-state index in [2.05, 4.69) is 0 Å². The molecule has 0 spiro atoms. The Bertz CT molecular complexity index is 871. The highest BCUT2D eigenvalue weighted by molar-refractivity contribution is 7.93. The number of hydrogen-bond donors (Lipinski definition) is 0. The molecule has 1 saturated heterocycles. The molecule has 2 aliphatic rings. The summed E-state index contributed by atoms with van der Waals surface area (Å²) in [6.07, 6.45) is 1.43. The number of rotatable bonds is 3. The lowest BCUT2D eigenvalue weighted by Crippen LogP contribution is -2.37. The summed E-state index contributed by atoms with van der Waals surface area (Å²) in [5.41, 5.74) is 0.722. The zero-order chi connectivity index (χ0) is 15.3. The minimum atomic E-state index is -3.51. The van der Waals surface area contributed by atoms with E-state index in [-0.39, 0.29) is 5.91 Å². The molecule has 2 heterocycles. The standard InChI is InChI=1S/C16H16N2O3S/c19-15-8-3-9-17(15)10-11-18-13-6-1-4-12-5-2-7-14(16(12)13)22(18,20)21/h1-2,4-7H,3,8-11H2. The van der Waals surface area contributed by atoms with E-state index in [1.807, 2.05) is 24.3 Å². The summed E-state index contributed by atoms with van der Waals surface area (Å²) in [5.74, 6) is 0.118. The monoisotopic (exact) mass is 316 g/mol. The third-order valence-corrected chi connectivity index (χ3v) is 6.28. The Morgan fingerprint density at radius 1 is 1.05 bits per heavy atom. The van der Waals surface area contributed by atoms with Crippen molar-refractivity contribution in [2.75, 3.05) is 23.9 Å². The smallest absolute Gasteiger partial charge is 0.265 e. The van der Waals surface area contributed by atoms with Crippen molar-refractivity contribution in [3.05, 3.63) is 36.4 Å². The molecule has 4 rings (SSSR count). The topological polar surface area (TPSA) is 57.7 Å². The van der Waals surface area contributed by atoms with Crippen molar-refractivity contribution in [1.29, 1.82) is 0 Å². The van der Waals surface area contributed by atoms with Crippen molar-refractivity contribution in [2.45, 2.75) is 17.7 Å². The first-order chi connectivity index (χ1) is 10.6. The molecule has 2 aromatic carbocycles. The van der Waals surface area contributed by atoms with Gasteiger partial charge in [-0.25, -0.2) is 8.42 Å². The highest BCUT2D eigenvalue weighted by Gasteiger charge is 2.35. The van der Waals surface area contributed by atoms with Gasteiger partial charge in [0, 0.05) is 24.9 Å². The van der Waals surface area contributed by atoms with Gasteiger partial charge in [0.2, 0.25) is 5.91 Å². The summed E-state index contributed by atoms with van der Waals surface area (Å²) in [6.45, 7) is 1.48. The zero-order valence-corrected chi connectivity index (χ0v) is 12.8. The molecule has 22 heavy (non-hydrogen) atoms. The van der Waals surface area contributed by atoms with Gasteiger partial charge in [-0.1, -0.05) is 24.3 Å². The fourth-order valence-corrected chi connectivity index (χ4v) is 5.05. The summed E-state index contributed by atoms with van der Waals surface area (Å²) in [4.78, 5) is 13.8. The molecule has 0 N–H and O–H groups in total. The molecule has 0 saturated carbocycles. The number of likely N-dealkylation sites (tertiary alicyclic amines) is 1. The first-order valence-corrected chi connectivity index (χ1v) is 8.85. The van der Waals surface area contributed by atoms with E-state index in [9.17, 15) is 13.2 Å². The predicted octanol–water partition coefficient (Wildman–Crippen LogP) is 1.97. The Labute approximate surface area is 129 Å². The molecule has 0 bridgehead atoms. The van der Waals surface area contributed by atoms with Gasteiger partial charge in [-0.3, -0.25) is 9.10 Å². The highest BCUT2D eigenvalue weighted by atomic mass is 32.2. The van der Waals surface area contributed by atoms with Gasteiger partial charge in [0.15, 0.2) is 0 Å². The van der Waals surface area contributed by atoms with Crippen LogP contribution >= 0.6 is 0 Å². The van der Waals surface area contributed by atoms with Crippen molar-refractivity contribution in [1.82, 2.24) is 4.90 Å². The van der Waals surface area contributed by atoms with Gasteiger partial charge in [-0.05, 0) is 23.9 Å². The molecule has 0 aliphatic carbocycles. The lowest BCUT2D eigenvalue weighted by molar-refractivity contribution is -0.127. The fourth-order valence-electron chi connectivity index (χ4n) is 3.35. The van der Waals surface area contributed by atoms with E-state index in [0.717, 1.165) is 29.4 Å². The average Bonchev–Trinajstić information content (AvgIpc) is 3.00. The largest absolute Gasteiger partial charge is 0.341 e. The van der Waals surface area contributed by atoms with Crippen molar-refractivity contribution in [3.8, 4) is 0 Å². The number of amides is 1. The van der Waals surface area contributed by atoms with Crippen molar-refractivity contribution < 1.29 is 13.2 Å². The van der Waals surface area contributed by atoms with E-state index in [1.165, 1.54) is 4.31 Å². The molecule has 114 valence electrons. The summed E-state index contributed by atoms with van der Waals surface area (Å²) < 4.78 is 27.0. The minimum absolute atomic E-state index is 0.118. The minimum Gasteiger partial charge on any atom is -0.341 e. The lowest BCUT2D eigenvalue weighted by Gasteiger charge is -2.22. The van der Waals surface area contributed by atoms with Crippen LogP contribution in [0.15, 0.2) is 41.3 Å². The lowest BCUT2D eigenvalue weighted by atomic mass is 10.1. The number of nitrogens with zero attached hydrogens (tertiary/aromatic N) is 2. The van der Waals surface area contributed by atoms with Gasteiger partial charge in [0.05, 0.1) is 17.1 Å². The number of sulfonamides is 1. The molecule has 2 aromatic rings. The molecule has 5 nitrogen and oxygen atoms in total. The molecule has 0 radical (unpaired) electrons. The zero-order valence-electron chi connectivity index (χ0n) is 12.0. The van der Waals surface area contributed by atoms with Crippen molar-refractivity contribution in [3.63, 3.8) is 0 Å². The maximum Gasteiger partial charge on any atom is 0.265 e. The van der Waals surface area contributed by atoms with Crippen LogP contribution in [0.3, 0.4) is 0 Å². The average molecular weight is 316 g/mol. The molecular formula is C16H16N2O3S. The second-order valence-electron chi connectivity index (χ2n) is 5.69. The third-order valence-electron chi connectivity index (χ3n) is 4.43. The van der Waals surface area contributed by atoms with Crippen LogP contribution in [0, 0.1) is 0 Å². The van der Waals surface area contributed by atoms with Gasteiger partial charge in [0.25, 0.3) is 10.0 Å². The second-order valence-corrected chi connectivity index (χ2v) is 7.52. The SMILES string of the molecule is O=C1CCCN1CCN1c2cccc3cccc(c23)S1(=O)=O. The maximum atomic E-state index is 12.8. The van der Waals surface area contributed by atoms with E-state index >= 15 is 0 Å². The predicted molar refractivity (Wildman–Crippen MR) is 84.3 cm³/mol. The van der Waals surface area contributed by atoms with Crippen LogP contribution in [0.25, 0.3) is 10.8 Å². The van der Waals surface area contributed by atoms with Crippen molar-refractivity contribution in [2.24, 2.45) is 0 Å². The Morgan fingerprint density at radius 3 is 2.55 bits per heavy atom. The molecule has 0 aromatic heterocycles. The number of benzene rings is 2. The first-order valence-electron chi connectivity index (χ1n) is 7.41. The van der Waals surface area contributed by atoms with Gasteiger partial charge in [-0.2, -0.15) is 0 Å². The maximum absolute atomic E-state index is 12.8. The van der Waals surface area contributed by atoms with Crippen LogP contribution in [0.2, 0.25) is 0 Å². The quantitative estimate of drug-likeness (QED) is 0.870. The van der Waals surface area contributed by atoms with Crippen LogP contribution in [0.4, 0.5) is 5.69 Å². The van der Waals surface area contributed by atoms with Gasteiger partial charge in [-0.15, -0.1) is 0 Å². The van der Waals surface area contributed by atoms with Crippen LogP contribution in [-0.4, -0.2) is 38.9 Å². The van der Waals surface area contributed by atoms with Gasteiger partial charge in [0.1, 0.15) is 0 Å². The highest BCUT2D eigenvalue weighted by Crippen LogP contribution is 2.41. The van der Waals surface area contributed by atoms with E-state index in [4.69, 9.17) is 0 Å². The second kappa shape index (κ2) is 4.71. The number of anilines is 1. The summed E-state index contributed by atoms with van der Waals surface area (Å²) >= 11 is 0. The Morgan fingerprint density at radius 2 is 1.82 bits per heavy atom. The summed E-state index contributed by atoms with van der Waals surface area (Å²) in [5, 5.41) is 1.72. The third kappa shape index (κ3) is 1.83. The van der Waals surface area contributed by atoms with Crippen LogP contribution in [0.1, 0.15) is 12.8 Å². The normalized spacial score (nSPS) is 19.4. The Hall–Kier alpha value is -2.08. The van der Waals surface area contributed by atoms with Crippen LogP contribution < -0.4 is 4.31 Å². The Kier molecular flexibility index (Phi) is 2.91. The molecular weight excluding hydrogens is 300 g/mol. The van der Waals surface area contributed by atoms with E-state index in [1.54, 1.807) is 17.0 Å². The number of carbonyl (C=O) groups excluding carboxylic acids is 1.